The standard InChI is InChI=1S/C13H18N2O4/c16-15(17)11-1-3-12(4-2-11)18-9-10-19-13-5-7-14-8-6-13/h1-4,13-14H,5-10H2. The molecule has 0 saturated carbocycles. The van der Waals surface area contributed by atoms with Crippen molar-refractivity contribution in [2.75, 3.05) is 26.3 Å². The van der Waals surface area contributed by atoms with Crippen molar-refractivity contribution in [1.29, 1.82) is 0 Å². The van der Waals surface area contributed by atoms with Gasteiger partial charge in [-0.1, -0.05) is 0 Å². The molecule has 0 amide bonds. The number of nitro groups is 1. The van der Waals surface area contributed by atoms with Crippen molar-refractivity contribution in [1.82, 2.24) is 5.32 Å². The molecule has 2 rings (SSSR count). The van der Waals surface area contributed by atoms with Gasteiger partial charge >= 0.3 is 0 Å². The molecule has 0 unspecified atom stereocenters. The number of nitro benzene ring substituents is 1. The SMILES string of the molecule is O=[N+]([O-])c1ccc(OCCOC2CCNCC2)cc1. The molecule has 1 aliphatic heterocycles. The number of benzene rings is 1. The summed E-state index contributed by atoms with van der Waals surface area (Å²) in [6, 6.07) is 6.07. The Morgan fingerprint density at radius 1 is 1.21 bits per heavy atom. The van der Waals surface area contributed by atoms with Crippen LogP contribution in [0, 0.1) is 10.1 Å². The molecule has 0 atom stereocenters. The summed E-state index contributed by atoms with van der Waals surface area (Å²) in [7, 11) is 0. The van der Waals surface area contributed by atoms with Gasteiger partial charge in [-0.25, -0.2) is 0 Å². The van der Waals surface area contributed by atoms with Gasteiger partial charge in [-0.15, -0.1) is 0 Å². The summed E-state index contributed by atoms with van der Waals surface area (Å²) in [6.07, 6.45) is 2.40. The fraction of sp³-hybridized carbons (Fsp3) is 0.538. The maximum atomic E-state index is 10.5. The second-order valence-electron chi connectivity index (χ2n) is 4.42. The van der Waals surface area contributed by atoms with E-state index in [1.54, 1.807) is 12.1 Å². The molecule has 0 radical (unpaired) electrons. The molecular formula is C13H18N2O4. The first-order valence-electron chi connectivity index (χ1n) is 6.45. The zero-order valence-electron chi connectivity index (χ0n) is 10.7. The van der Waals surface area contributed by atoms with Crippen molar-refractivity contribution in [3.05, 3.63) is 34.4 Å². The molecule has 104 valence electrons. The van der Waals surface area contributed by atoms with Crippen LogP contribution >= 0.6 is 0 Å². The van der Waals surface area contributed by atoms with E-state index in [1.165, 1.54) is 12.1 Å². The Morgan fingerprint density at radius 2 is 1.89 bits per heavy atom. The fourth-order valence-corrected chi connectivity index (χ4v) is 2.00. The summed E-state index contributed by atoms with van der Waals surface area (Å²) < 4.78 is 11.2. The van der Waals surface area contributed by atoms with Crippen LogP contribution in [0.5, 0.6) is 5.75 Å². The summed E-state index contributed by atoms with van der Waals surface area (Å²) in [5, 5.41) is 13.8. The second kappa shape index (κ2) is 7.06. The van der Waals surface area contributed by atoms with Crippen LogP contribution in [0.25, 0.3) is 0 Å². The van der Waals surface area contributed by atoms with E-state index in [4.69, 9.17) is 9.47 Å². The monoisotopic (exact) mass is 266 g/mol. The van der Waals surface area contributed by atoms with Crippen LogP contribution in [-0.2, 0) is 4.74 Å². The van der Waals surface area contributed by atoms with Gasteiger partial charge in [0.05, 0.1) is 17.6 Å². The maximum Gasteiger partial charge on any atom is 0.269 e. The molecule has 0 spiro atoms. The molecule has 1 saturated heterocycles. The van der Waals surface area contributed by atoms with Crippen LogP contribution in [0.3, 0.4) is 0 Å². The zero-order chi connectivity index (χ0) is 13.5. The van der Waals surface area contributed by atoms with Crippen molar-refractivity contribution in [2.45, 2.75) is 18.9 Å². The van der Waals surface area contributed by atoms with Crippen LogP contribution in [-0.4, -0.2) is 37.3 Å². The summed E-state index contributed by atoms with van der Waals surface area (Å²) in [6.45, 7) is 3.02. The highest BCUT2D eigenvalue weighted by atomic mass is 16.6. The van der Waals surface area contributed by atoms with E-state index in [2.05, 4.69) is 5.32 Å². The van der Waals surface area contributed by atoms with Gasteiger partial charge in [-0.2, -0.15) is 0 Å². The number of ether oxygens (including phenoxy) is 2. The van der Waals surface area contributed by atoms with Crippen LogP contribution in [0.2, 0.25) is 0 Å². The molecule has 0 bridgehead atoms. The molecule has 1 N–H and O–H groups in total. The Kier molecular flexibility index (Phi) is 5.11. The Hall–Kier alpha value is -1.66. The summed E-state index contributed by atoms with van der Waals surface area (Å²) in [5.41, 5.74) is 0.0679. The van der Waals surface area contributed by atoms with E-state index < -0.39 is 4.92 Å². The number of hydrogen-bond acceptors (Lipinski definition) is 5. The Bertz CT molecular complexity index is 402. The number of nitrogens with zero attached hydrogens (tertiary/aromatic N) is 1. The Labute approximate surface area is 111 Å². The number of rotatable bonds is 6. The van der Waals surface area contributed by atoms with Crippen LogP contribution < -0.4 is 10.1 Å². The molecule has 6 nitrogen and oxygen atoms in total. The molecule has 1 fully saturated rings. The number of nitrogens with one attached hydrogen (secondary N) is 1. The van der Waals surface area contributed by atoms with Crippen molar-refractivity contribution >= 4 is 5.69 Å². The van der Waals surface area contributed by atoms with Gasteiger partial charge in [0.1, 0.15) is 12.4 Å². The third-order valence-electron chi connectivity index (χ3n) is 3.04. The minimum absolute atomic E-state index is 0.0679. The van der Waals surface area contributed by atoms with Gasteiger partial charge in [0.2, 0.25) is 0 Å². The lowest BCUT2D eigenvalue weighted by Crippen LogP contribution is -2.33. The number of non-ortho nitro benzene ring substituents is 1. The predicted octanol–water partition coefficient (Wildman–Crippen LogP) is 1.74. The van der Waals surface area contributed by atoms with Gasteiger partial charge in [-0.3, -0.25) is 10.1 Å². The lowest BCUT2D eigenvalue weighted by Gasteiger charge is -2.22. The van der Waals surface area contributed by atoms with Gasteiger partial charge in [0.25, 0.3) is 5.69 Å². The van der Waals surface area contributed by atoms with Crippen LogP contribution in [0.4, 0.5) is 5.69 Å². The van der Waals surface area contributed by atoms with Gasteiger partial charge in [0.15, 0.2) is 0 Å². The first kappa shape index (κ1) is 13.8. The van der Waals surface area contributed by atoms with E-state index in [0.29, 0.717) is 25.1 Å². The molecule has 6 heteroatoms. The molecule has 0 aliphatic carbocycles. The van der Waals surface area contributed by atoms with Gasteiger partial charge < -0.3 is 14.8 Å². The maximum absolute atomic E-state index is 10.5. The minimum atomic E-state index is -0.427. The average Bonchev–Trinajstić information content (AvgIpc) is 2.45. The Morgan fingerprint density at radius 3 is 2.53 bits per heavy atom. The molecule has 1 aliphatic rings. The van der Waals surface area contributed by atoms with Crippen molar-refractivity contribution < 1.29 is 14.4 Å². The highest BCUT2D eigenvalue weighted by Crippen LogP contribution is 2.17. The summed E-state index contributed by atoms with van der Waals surface area (Å²) in [4.78, 5) is 10.1. The highest BCUT2D eigenvalue weighted by Gasteiger charge is 2.12. The lowest BCUT2D eigenvalue weighted by molar-refractivity contribution is -0.384. The predicted molar refractivity (Wildman–Crippen MR) is 70.4 cm³/mol. The fourth-order valence-electron chi connectivity index (χ4n) is 2.00. The van der Waals surface area contributed by atoms with Crippen molar-refractivity contribution in [3.8, 4) is 5.75 Å². The highest BCUT2D eigenvalue weighted by molar-refractivity contribution is 5.35. The Balaban J connectivity index is 1.66. The smallest absolute Gasteiger partial charge is 0.269 e. The average molecular weight is 266 g/mol. The zero-order valence-corrected chi connectivity index (χ0v) is 10.7. The van der Waals surface area contributed by atoms with E-state index in [1.807, 2.05) is 0 Å². The number of piperidine rings is 1. The molecule has 0 aromatic heterocycles. The first-order chi connectivity index (χ1) is 9.25. The number of hydrogen-bond donors (Lipinski definition) is 1. The second-order valence-corrected chi connectivity index (χ2v) is 4.42. The molecule has 1 aromatic rings. The third-order valence-corrected chi connectivity index (χ3v) is 3.04. The van der Waals surface area contributed by atoms with Crippen molar-refractivity contribution in [2.24, 2.45) is 0 Å². The first-order valence-corrected chi connectivity index (χ1v) is 6.45. The van der Waals surface area contributed by atoms with Gasteiger partial charge in [0, 0.05) is 12.1 Å². The minimum Gasteiger partial charge on any atom is -0.491 e. The van der Waals surface area contributed by atoms with E-state index in [9.17, 15) is 10.1 Å². The van der Waals surface area contributed by atoms with E-state index in [-0.39, 0.29) is 5.69 Å². The van der Waals surface area contributed by atoms with E-state index in [0.717, 1.165) is 25.9 Å². The summed E-state index contributed by atoms with van der Waals surface area (Å²) in [5.74, 6) is 0.625. The van der Waals surface area contributed by atoms with Crippen molar-refractivity contribution in [3.63, 3.8) is 0 Å². The molecule has 1 aromatic carbocycles. The van der Waals surface area contributed by atoms with Gasteiger partial charge in [-0.05, 0) is 38.1 Å². The lowest BCUT2D eigenvalue weighted by atomic mass is 10.1. The van der Waals surface area contributed by atoms with Crippen LogP contribution in [0.15, 0.2) is 24.3 Å². The normalized spacial score (nSPS) is 16.2. The summed E-state index contributed by atoms with van der Waals surface area (Å²) >= 11 is 0. The molecular weight excluding hydrogens is 248 g/mol. The molecule has 1 heterocycles. The largest absolute Gasteiger partial charge is 0.491 e. The molecule has 19 heavy (non-hydrogen) atoms. The quantitative estimate of drug-likeness (QED) is 0.482. The van der Waals surface area contributed by atoms with E-state index >= 15 is 0 Å². The topological polar surface area (TPSA) is 73.6 Å². The van der Waals surface area contributed by atoms with Crippen LogP contribution in [0.1, 0.15) is 12.8 Å². The third kappa shape index (κ3) is 4.50.